The molecule has 1 atom stereocenters. The van der Waals surface area contributed by atoms with Crippen LogP contribution in [0.5, 0.6) is 11.5 Å². The lowest BCUT2D eigenvalue weighted by Crippen LogP contribution is -2.42. The number of hydrogen-bond donors (Lipinski definition) is 2. The number of hydrogen-bond acceptors (Lipinski definition) is 5. The number of amides is 1. The number of aliphatic hydroxyl groups is 1. The summed E-state index contributed by atoms with van der Waals surface area (Å²) in [6, 6.07) is 21.0. The fourth-order valence-electron chi connectivity index (χ4n) is 3.98. The normalized spacial score (nSPS) is 17.5. The SMILES string of the molecule is COc1ccc(O)c(C(=O)CC2(O)C(=O)N(CCc3ccccc3)c3ccccc32)c1. The van der Waals surface area contributed by atoms with Crippen LogP contribution in [0.25, 0.3) is 0 Å². The molecule has 0 fully saturated rings. The first-order valence-corrected chi connectivity index (χ1v) is 10.0. The molecular formula is C25H23NO5. The van der Waals surface area contributed by atoms with E-state index in [4.69, 9.17) is 4.74 Å². The molecule has 0 aromatic heterocycles. The molecule has 1 aliphatic heterocycles. The van der Waals surface area contributed by atoms with Gasteiger partial charge in [0.15, 0.2) is 11.4 Å². The van der Waals surface area contributed by atoms with Gasteiger partial charge in [0.25, 0.3) is 5.91 Å². The minimum absolute atomic E-state index is 0.000733. The number of anilines is 1. The highest BCUT2D eigenvalue weighted by molar-refractivity contribution is 6.11. The molecule has 6 nitrogen and oxygen atoms in total. The standard InChI is InChI=1S/C25H23NO5/c1-31-18-11-12-22(27)19(15-18)23(28)16-25(30)20-9-5-6-10-21(20)26(24(25)29)14-13-17-7-3-2-4-8-17/h2-12,15,27,30H,13-14,16H2,1H3. The first-order valence-electron chi connectivity index (χ1n) is 10.0. The number of aromatic hydroxyl groups is 1. The van der Waals surface area contributed by atoms with Crippen molar-refractivity contribution in [1.29, 1.82) is 0 Å². The average Bonchev–Trinajstić information content (AvgIpc) is 3.00. The molecule has 1 aliphatic rings. The molecule has 2 N–H and O–H groups in total. The van der Waals surface area contributed by atoms with Crippen molar-refractivity contribution in [2.24, 2.45) is 0 Å². The topological polar surface area (TPSA) is 87.1 Å². The van der Waals surface area contributed by atoms with Crippen LogP contribution in [0.4, 0.5) is 5.69 Å². The molecule has 0 spiro atoms. The summed E-state index contributed by atoms with van der Waals surface area (Å²) >= 11 is 0. The average molecular weight is 417 g/mol. The van der Waals surface area contributed by atoms with E-state index in [1.807, 2.05) is 30.3 Å². The van der Waals surface area contributed by atoms with Crippen LogP contribution in [0.15, 0.2) is 72.8 Å². The zero-order valence-electron chi connectivity index (χ0n) is 17.1. The molecule has 31 heavy (non-hydrogen) atoms. The van der Waals surface area contributed by atoms with Crippen molar-refractivity contribution in [3.8, 4) is 11.5 Å². The van der Waals surface area contributed by atoms with Crippen molar-refractivity contribution in [3.63, 3.8) is 0 Å². The van der Waals surface area contributed by atoms with Gasteiger partial charge in [-0.15, -0.1) is 0 Å². The Morgan fingerprint density at radius 2 is 1.74 bits per heavy atom. The van der Waals surface area contributed by atoms with E-state index >= 15 is 0 Å². The van der Waals surface area contributed by atoms with Crippen LogP contribution in [-0.2, 0) is 16.8 Å². The summed E-state index contributed by atoms with van der Waals surface area (Å²) in [5.74, 6) is -0.919. The number of benzene rings is 3. The minimum Gasteiger partial charge on any atom is -0.507 e. The number of nitrogens with zero attached hydrogens (tertiary/aromatic N) is 1. The van der Waals surface area contributed by atoms with Gasteiger partial charge < -0.3 is 19.8 Å². The zero-order chi connectivity index (χ0) is 22.0. The lowest BCUT2D eigenvalue weighted by Gasteiger charge is -2.23. The number of ketones is 1. The number of phenols is 1. The molecule has 0 aliphatic carbocycles. The maximum atomic E-state index is 13.3. The number of carbonyl (C=O) groups excluding carboxylic acids is 2. The fourth-order valence-corrected chi connectivity index (χ4v) is 3.98. The molecule has 3 aromatic rings. The van der Waals surface area contributed by atoms with Crippen LogP contribution in [0, 0.1) is 0 Å². The first-order chi connectivity index (χ1) is 14.9. The van der Waals surface area contributed by atoms with Crippen LogP contribution < -0.4 is 9.64 Å². The molecule has 1 amide bonds. The molecule has 0 saturated carbocycles. The Balaban J connectivity index is 1.63. The van der Waals surface area contributed by atoms with E-state index in [2.05, 4.69) is 0 Å². The van der Waals surface area contributed by atoms with Gasteiger partial charge in [0.05, 0.1) is 24.8 Å². The lowest BCUT2D eigenvalue weighted by molar-refractivity contribution is -0.135. The van der Waals surface area contributed by atoms with E-state index in [1.54, 1.807) is 24.3 Å². The van der Waals surface area contributed by atoms with Gasteiger partial charge in [-0.1, -0.05) is 48.5 Å². The van der Waals surface area contributed by atoms with E-state index in [9.17, 15) is 19.8 Å². The van der Waals surface area contributed by atoms with Gasteiger partial charge in [0.2, 0.25) is 0 Å². The number of carbonyl (C=O) groups is 2. The Kier molecular flexibility index (Phi) is 5.48. The number of Topliss-reactive ketones (excluding diaryl/α,β-unsaturated/α-hetero) is 1. The Morgan fingerprint density at radius 3 is 2.48 bits per heavy atom. The highest BCUT2D eigenvalue weighted by Gasteiger charge is 2.50. The number of phenolic OH excluding ortho intramolecular Hbond substituents is 1. The molecule has 3 aromatic carbocycles. The zero-order valence-corrected chi connectivity index (χ0v) is 17.1. The van der Waals surface area contributed by atoms with E-state index in [0.717, 1.165) is 5.56 Å². The van der Waals surface area contributed by atoms with E-state index < -0.39 is 23.7 Å². The smallest absolute Gasteiger partial charge is 0.264 e. The number of fused-ring (bicyclic) bond motifs is 1. The van der Waals surface area contributed by atoms with Crippen molar-refractivity contribution in [3.05, 3.63) is 89.5 Å². The Labute approximate surface area is 180 Å². The lowest BCUT2D eigenvalue weighted by atomic mass is 9.88. The summed E-state index contributed by atoms with van der Waals surface area (Å²) in [5.41, 5.74) is 0.0543. The van der Waals surface area contributed by atoms with Gasteiger partial charge in [0.1, 0.15) is 11.5 Å². The van der Waals surface area contributed by atoms with Gasteiger partial charge in [0, 0.05) is 12.1 Å². The molecule has 1 heterocycles. The number of methoxy groups -OCH3 is 1. The third-order valence-corrected chi connectivity index (χ3v) is 5.63. The summed E-state index contributed by atoms with van der Waals surface area (Å²) in [7, 11) is 1.45. The largest absolute Gasteiger partial charge is 0.507 e. The molecular weight excluding hydrogens is 394 g/mol. The molecule has 6 heteroatoms. The van der Waals surface area contributed by atoms with Crippen molar-refractivity contribution >= 4 is 17.4 Å². The van der Waals surface area contributed by atoms with Gasteiger partial charge in [-0.05, 0) is 36.2 Å². The van der Waals surface area contributed by atoms with Gasteiger partial charge >= 0.3 is 0 Å². The van der Waals surface area contributed by atoms with Crippen molar-refractivity contribution in [2.45, 2.75) is 18.4 Å². The van der Waals surface area contributed by atoms with Crippen molar-refractivity contribution in [2.75, 3.05) is 18.6 Å². The maximum absolute atomic E-state index is 13.3. The molecule has 1 unspecified atom stereocenters. The van der Waals surface area contributed by atoms with Crippen LogP contribution in [-0.4, -0.2) is 35.6 Å². The minimum atomic E-state index is -2.00. The predicted octanol–water partition coefficient (Wildman–Crippen LogP) is 3.45. The monoisotopic (exact) mass is 417 g/mol. The quantitative estimate of drug-likeness (QED) is 0.575. The Bertz CT molecular complexity index is 1130. The first kappa shape index (κ1) is 20.6. The van der Waals surface area contributed by atoms with Crippen molar-refractivity contribution in [1.82, 2.24) is 0 Å². The second kappa shape index (κ2) is 8.24. The molecule has 0 saturated heterocycles. The second-order valence-corrected chi connectivity index (χ2v) is 7.55. The summed E-state index contributed by atoms with van der Waals surface area (Å²) in [6.45, 7) is 0.376. The molecule has 0 bridgehead atoms. The predicted molar refractivity (Wildman–Crippen MR) is 116 cm³/mol. The Hall–Kier alpha value is -3.64. The molecule has 4 rings (SSSR count). The highest BCUT2D eigenvalue weighted by atomic mass is 16.5. The number of rotatable bonds is 7. The molecule has 158 valence electrons. The van der Waals surface area contributed by atoms with E-state index in [-0.39, 0.29) is 11.3 Å². The summed E-state index contributed by atoms with van der Waals surface area (Å²) in [5, 5.41) is 21.5. The fraction of sp³-hybridized carbons (Fsp3) is 0.200. The van der Waals surface area contributed by atoms with Crippen LogP contribution >= 0.6 is 0 Å². The van der Waals surface area contributed by atoms with Crippen molar-refractivity contribution < 1.29 is 24.5 Å². The van der Waals surface area contributed by atoms with Gasteiger partial charge in [-0.3, -0.25) is 9.59 Å². The second-order valence-electron chi connectivity index (χ2n) is 7.55. The summed E-state index contributed by atoms with van der Waals surface area (Å²) in [6.07, 6.45) is 0.132. The number of para-hydroxylation sites is 1. The third kappa shape index (κ3) is 3.78. The summed E-state index contributed by atoms with van der Waals surface area (Å²) in [4.78, 5) is 27.8. The van der Waals surface area contributed by atoms with Crippen LogP contribution in [0.2, 0.25) is 0 Å². The van der Waals surface area contributed by atoms with Crippen LogP contribution in [0.1, 0.15) is 27.9 Å². The highest BCUT2D eigenvalue weighted by Crippen LogP contribution is 2.43. The van der Waals surface area contributed by atoms with Crippen LogP contribution in [0.3, 0.4) is 0 Å². The van der Waals surface area contributed by atoms with Gasteiger partial charge in [-0.25, -0.2) is 0 Å². The maximum Gasteiger partial charge on any atom is 0.264 e. The Morgan fingerprint density at radius 1 is 1.03 bits per heavy atom. The summed E-state index contributed by atoms with van der Waals surface area (Å²) < 4.78 is 5.12. The number of ether oxygens (including phenoxy) is 1. The van der Waals surface area contributed by atoms with Gasteiger partial charge in [-0.2, -0.15) is 0 Å². The van der Waals surface area contributed by atoms with E-state index in [1.165, 1.54) is 30.2 Å². The molecule has 0 radical (unpaired) electrons. The van der Waals surface area contributed by atoms with E-state index in [0.29, 0.717) is 30.0 Å². The third-order valence-electron chi connectivity index (χ3n) is 5.63.